The van der Waals surface area contributed by atoms with Gasteiger partial charge in [0.15, 0.2) is 5.11 Å². The van der Waals surface area contributed by atoms with Crippen LogP contribution in [-0.2, 0) is 0 Å². The van der Waals surface area contributed by atoms with Gasteiger partial charge >= 0.3 is 0 Å². The molecule has 0 fully saturated rings. The van der Waals surface area contributed by atoms with Crippen molar-refractivity contribution in [3.8, 4) is 0 Å². The normalized spacial score (nSPS) is 10.0. The number of carbonyl (C=O) groups is 1. The predicted molar refractivity (Wildman–Crippen MR) is 91.3 cm³/mol. The Balaban J connectivity index is 2.07. The number of carbonyl (C=O) groups excluding carboxylic acids is 1. The SMILES string of the molecule is Cc1ccccc1C(=O)NC(=S)Nc1cc(Cl)ccc1Cl. The Kier molecular flexibility index (Phi) is 5.17. The van der Waals surface area contributed by atoms with Gasteiger partial charge in [-0.15, -0.1) is 0 Å². The molecule has 2 aromatic rings. The summed E-state index contributed by atoms with van der Waals surface area (Å²) in [4.78, 5) is 12.1. The van der Waals surface area contributed by atoms with Crippen LogP contribution in [0.5, 0.6) is 0 Å². The molecule has 0 saturated heterocycles. The molecule has 0 saturated carbocycles. The Morgan fingerprint density at radius 1 is 1.14 bits per heavy atom. The summed E-state index contributed by atoms with van der Waals surface area (Å²) in [7, 11) is 0. The van der Waals surface area contributed by atoms with Crippen LogP contribution in [0.2, 0.25) is 10.0 Å². The van der Waals surface area contributed by atoms with Gasteiger partial charge < -0.3 is 5.32 Å². The van der Waals surface area contributed by atoms with Crippen LogP contribution in [0, 0.1) is 6.92 Å². The van der Waals surface area contributed by atoms with Crippen LogP contribution in [0.1, 0.15) is 15.9 Å². The van der Waals surface area contributed by atoms with Gasteiger partial charge in [-0.2, -0.15) is 0 Å². The molecule has 0 bridgehead atoms. The lowest BCUT2D eigenvalue weighted by Crippen LogP contribution is -2.34. The largest absolute Gasteiger partial charge is 0.331 e. The lowest BCUT2D eigenvalue weighted by atomic mass is 10.1. The van der Waals surface area contributed by atoms with Crippen molar-refractivity contribution in [2.45, 2.75) is 6.92 Å². The topological polar surface area (TPSA) is 41.1 Å². The average molecular weight is 339 g/mol. The first-order valence-electron chi connectivity index (χ1n) is 6.10. The van der Waals surface area contributed by atoms with E-state index in [1.807, 2.05) is 19.1 Å². The van der Waals surface area contributed by atoms with Gasteiger partial charge in [0.05, 0.1) is 10.7 Å². The summed E-state index contributed by atoms with van der Waals surface area (Å²) < 4.78 is 0. The fraction of sp³-hybridized carbons (Fsp3) is 0.0667. The van der Waals surface area contributed by atoms with Crippen molar-refractivity contribution in [1.29, 1.82) is 0 Å². The van der Waals surface area contributed by atoms with Gasteiger partial charge in [0.2, 0.25) is 0 Å². The first-order valence-corrected chi connectivity index (χ1v) is 7.27. The zero-order valence-electron chi connectivity index (χ0n) is 11.1. The van der Waals surface area contributed by atoms with E-state index in [1.54, 1.807) is 30.3 Å². The second kappa shape index (κ2) is 6.89. The Labute approximate surface area is 138 Å². The zero-order valence-corrected chi connectivity index (χ0v) is 13.4. The molecule has 0 radical (unpaired) electrons. The molecule has 2 aromatic carbocycles. The van der Waals surface area contributed by atoms with E-state index < -0.39 is 0 Å². The fourth-order valence-electron chi connectivity index (χ4n) is 1.74. The Bertz CT molecular complexity index is 704. The summed E-state index contributed by atoms with van der Waals surface area (Å²) in [6.45, 7) is 1.86. The van der Waals surface area contributed by atoms with Gasteiger partial charge in [-0.1, -0.05) is 41.4 Å². The molecule has 1 amide bonds. The van der Waals surface area contributed by atoms with Crippen molar-refractivity contribution in [1.82, 2.24) is 5.32 Å². The summed E-state index contributed by atoms with van der Waals surface area (Å²) >= 11 is 17.0. The van der Waals surface area contributed by atoms with Crippen molar-refractivity contribution in [3.05, 3.63) is 63.6 Å². The number of halogens is 2. The van der Waals surface area contributed by atoms with E-state index in [0.29, 0.717) is 21.3 Å². The monoisotopic (exact) mass is 338 g/mol. The molecular weight excluding hydrogens is 327 g/mol. The van der Waals surface area contributed by atoms with E-state index in [2.05, 4.69) is 10.6 Å². The van der Waals surface area contributed by atoms with Crippen LogP contribution < -0.4 is 10.6 Å². The first-order chi connectivity index (χ1) is 9.97. The number of thiocarbonyl (C=S) groups is 1. The molecule has 0 aromatic heterocycles. The molecule has 21 heavy (non-hydrogen) atoms. The number of anilines is 1. The fourth-order valence-corrected chi connectivity index (χ4v) is 2.28. The van der Waals surface area contributed by atoms with Crippen LogP contribution in [0.4, 0.5) is 5.69 Å². The highest BCUT2D eigenvalue weighted by Gasteiger charge is 2.11. The summed E-state index contributed by atoms with van der Waals surface area (Å²) in [5, 5.41) is 6.61. The molecular formula is C15H12Cl2N2OS. The van der Waals surface area contributed by atoms with E-state index in [9.17, 15) is 4.79 Å². The van der Waals surface area contributed by atoms with Gasteiger partial charge in [0, 0.05) is 10.6 Å². The highest BCUT2D eigenvalue weighted by atomic mass is 35.5. The molecule has 0 unspecified atom stereocenters. The number of hydrogen-bond acceptors (Lipinski definition) is 2. The molecule has 2 N–H and O–H groups in total. The van der Waals surface area contributed by atoms with E-state index >= 15 is 0 Å². The maximum absolute atomic E-state index is 12.1. The number of benzene rings is 2. The van der Waals surface area contributed by atoms with Crippen LogP contribution in [0.15, 0.2) is 42.5 Å². The smallest absolute Gasteiger partial charge is 0.257 e. The Morgan fingerprint density at radius 2 is 1.86 bits per heavy atom. The van der Waals surface area contributed by atoms with E-state index in [4.69, 9.17) is 35.4 Å². The second-order valence-corrected chi connectivity index (χ2v) is 5.60. The Hall–Kier alpha value is -1.62. The summed E-state index contributed by atoms with van der Waals surface area (Å²) in [5.41, 5.74) is 1.98. The number of amides is 1. The first kappa shape index (κ1) is 15.8. The standard InChI is InChI=1S/C15H12Cl2N2OS/c1-9-4-2-3-5-11(9)14(20)19-15(21)18-13-8-10(16)6-7-12(13)17/h2-8H,1H3,(H2,18,19,20,21). The molecule has 0 aliphatic heterocycles. The lowest BCUT2D eigenvalue weighted by Gasteiger charge is -2.12. The van der Waals surface area contributed by atoms with Crippen molar-refractivity contribution in [2.75, 3.05) is 5.32 Å². The minimum atomic E-state index is -0.274. The number of aryl methyl sites for hydroxylation is 1. The van der Waals surface area contributed by atoms with Crippen LogP contribution >= 0.6 is 35.4 Å². The highest BCUT2D eigenvalue weighted by molar-refractivity contribution is 7.80. The van der Waals surface area contributed by atoms with Gasteiger partial charge in [0.25, 0.3) is 5.91 Å². The summed E-state index contributed by atoms with van der Waals surface area (Å²) in [6.07, 6.45) is 0. The van der Waals surface area contributed by atoms with Crippen LogP contribution in [0.3, 0.4) is 0 Å². The second-order valence-electron chi connectivity index (χ2n) is 4.35. The quantitative estimate of drug-likeness (QED) is 0.796. The van der Waals surface area contributed by atoms with Gasteiger partial charge in [0.1, 0.15) is 0 Å². The van der Waals surface area contributed by atoms with Crippen LogP contribution in [0.25, 0.3) is 0 Å². The lowest BCUT2D eigenvalue weighted by molar-refractivity contribution is 0.0977. The molecule has 6 heteroatoms. The molecule has 0 heterocycles. The summed E-state index contributed by atoms with van der Waals surface area (Å²) in [6, 6.07) is 12.2. The third-order valence-corrected chi connectivity index (χ3v) is 3.56. The van der Waals surface area contributed by atoms with E-state index in [1.165, 1.54) is 0 Å². The molecule has 2 rings (SSSR count). The molecule has 3 nitrogen and oxygen atoms in total. The maximum atomic E-state index is 12.1. The van der Waals surface area contributed by atoms with Crippen molar-refractivity contribution in [3.63, 3.8) is 0 Å². The van der Waals surface area contributed by atoms with E-state index in [-0.39, 0.29) is 11.0 Å². The number of rotatable bonds is 2. The minimum Gasteiger partial charge on any atom is -0.331 e. The number of hydrogen-bond donors (Lipinski definition) is 2. The highest BCUT2D eigenvalue weighted by Crippen LogP contribution is 2.25. The summed E-state index contributed by atoms with van der Waals surface area (Å²) in [5.74, 6) is -0.274. The van der Waals surface area contributed by atoms with Crippen molar-refractivity contribution >= 4 is 52.1 Å². The molecule has 0 atom stereocenters. The van der Waals surface area contributed by atoms with Crippen molar-refractivity contribution in [2.24, 2.45) is 0 Å². The van der Waals surface area contributed by atoms with Gasteiger partial charge in [-0.3, -0.25) is 10.1 Å². The minimum absolute atomic E-state index is 0.160. The van der Waals surface area contributed by atoms with Gasteiger partial charge in [-0.25, -0.2) is 0 Å². The average Bonchev–Trinajstić information content (AvgIpc) is 2.43. The molecule has 0 aliphatic carbocycles. The predicted octanol–water partition coefficient (Wildman–Crippen LogP) is 4.43. The Morgan fingerprint density at radius 3 is 2.57 bits per heavy atom. The molecule has 108 valence electrons. The molecule has 0 spiro atoms. The number of nitrogens with one attached hydrogen (secondary N) is 2. The van der Waals surface area contributed by atoms with Crippen molar-refractivity contribution < 1.29 is 4.79 Å². The molecule has 0 aliphatic rings. The third-order valence-electron chi connectivity index (χ3n) is 2.79. The third kappa shape index (κ3) is 4.17. The van der Waals surface area contributed by atoms with E-state index in [0.717, 1.165) is 5.56 Å². The zero-order chi connectivity index (χ0) is 15.4. The van der Waals surface area contributed by atoms with Crippen LogP contribution in [-0.4, -0.2) is 11.0 Å². The van der Waals surface area contributed by atoms with Gasteiger partial charge in [-0.05, 0) is 49.0 Å². The maximum Gasteiger partial charge on any atom is 0.257 e.